The fraction of sp³-hybridized carbons (Fsp3) is 0.538. The van der Waals surface area contributed by atoms with E-state index in [0.717, 1.165) is 5.57 Å². The molecule has 0 fully saturated rings. The van der Waals surface area contributed by atoms with E-state index < -0.39 is 5.67 Å². The second kappa shape index (κ2) is 7.54. The predicted octanol–water partition coefficient (Wildman–Crippen LogP) is 4.84. The van der Waals surface area contributed by atoms with Crippen molar-refractivity contribution in [3.8, 4) is 0 Å². The van der Waals surface area contributed by atoms with Crippen molar-refractivity contribution in [3.05, 3.63) is 36.0 Å². The Bertz CT molecular complexity index is 210. The van der Waals surface area contributed by atoms with Crippen molar-refractivity contribution in [2.75, 3.05) is 0 Å². The van der Waals surface area contributed by atoms with Crippen LogP contribution < -0.4 is 0 Å². The van der Waals surface area contributed by atoms with Crippen molar-refractivity contribution < 1.29 is 4.39 Å². The quantitative estimate of drug-likeness (QED) is 0.569. The molecule has 0 bridgehead atoms. The monoisotopic (exact) mass is 198 g/mol. The van der Waals surface area contributed by atoms with Gasteiger partial charge in [0, 0.05) is 0 Å². The lowest BCUT2D eigenvalue weighted by Gasteiger charge is -2.14. The van der Waals surface area contributed by atoms with Gasteiger partial charge < -0.3 is 0 Å². The van der Waals surface area contributed by atoms with E-state index in [1.165, 1.54) is 13.8 Å². The molecule has 0 unspecified atom stereocenters. The Morgan fingerprint density at radius 1 is 1.14 bits per heavy atom. The molecule has 0 nitrogen and oxygen atoms in total. The van der Waals surface area contributed by atoms with Gasteiger partial charge in [0.2, 0.25) is 0 Å². The van der Waals surface area contributed by atoms with Crippen LogP contribution in [0.15, 0.2) is 36.0 Å². The lowest BCUT2D eigenvalue weighted by Crippen LogP contribution is -2.13. The molecule has 82 valence electrons. The molecule has 0 radical (unpaired) electrons. The van der Waals surface area contributed by atoms with E-state index in [4.69, 9.17) is 0 Å². The highest BCUT2D eigenvalue weighted by Gasteiger charge is 2.18. The number of hydrogen-bond donors (Lipinski definition) is 0. The molecule has 14 heavy (non-hydrogen) atoms. The number of hydrogen-bond acceptors (Lipinski definition) is 0. The maximum absolute atomic E-state index is 13.3. The van der Waals surface area contributed by atoms with E-state index in [1.54, 1.807) is 12.2 Å². The predicted molar refractivity (Wildman–Crippen MR) is 64.2 cm³/mol. The zero-order chi connectivity index (χ0) is 11.8. The third-order valence-corrected chi connectivity index (χ3v) is 1.50. The fourth-order valence-electron chi connectivity index (χ4n) is 0.765. The number of alkyl halides is 1. The van der Waals surface area contributed by atoms with Crippen molar-refractivity contribution >= 4 is 0 Å². The smallest absolute Gasteiger partial charge is 0.130 e. The van der Waals surface area contributed by atoms with Gasteiger partial charge in [-0.05, 0) is 33.3 Å². The second-order valence-electron chi connectivity index (χ2n) is 3.54. The van der Waals surface area contributed by atoms with Crippen LogP contribution in [0, 0.1) is 0 Å². The van der Waals surface area contributed by atoms with Crippen LogP contribution in [0.5, 0.6) is 0 Å². The van der Waals surface area contributed by atoms with Gasteiger partial charge in [-0.25, -0.2) is 4.39 Å². The first-order valence-corrected chi connectivity index (χ1v) is 5.05. The largest absolute Gasteiger partial charge is 0.239 e. The van der Waals surface area contributed by atoms with Crippen molar-refractivity contribution in [1.82, 2.24) is 0 Å². The fourth-order valence-corrected chi connectivity index (χ4v) is 0.765. The Balaban J connectivity index is 0. The van der Waals surface area contributed by atoms with E-state index in [9.17, 15) is 4.39 Å². The molecule has 0 aromatic carbocycles. The summed E-state index contributed by atoms with van der Waals surface area (Å²) in [5, 5.41) is 0. The summed E-state index contributed by atoms with van der Waals surface area (Å²) in [5.74, 6) is 0. The minimum absolute atomic E-state index is 0.615. The second-order valence-corrected chi connectivity index (χ2v) is 3.54. The van der Waals surface area contributed by atoms with Gasteiger partial charge in [0.15, 0.2) is 0 Å². The zero-order valence-corrected chi connectivity index (χ0v) is 10.3. The minimum Gasteiger partial charge on any atom is -0.239 e. The van der Waals surface area contributed by atoms with Gasteiger partial charge >= 0.3 is 0 Å². The van der Waals surface area contributed by atoms with Crippen LogP contribution in [0.4, 0.5) is 4.39 Å². The summed E-state index contributed by atoms with van der Waals surface area (Å²) in [5.41, 5.74) is 0.468. The molecule has 0 aromatic heterocycles. The summed E-state index contributed by atoms with van der Waals surface area (Å²) >= 11 is 0. The molecular weight excluding hydrogens is 175 g/mol. The molecule has 0 rings (SSSR count). The van der Waals surface area contributed by atoms with Crippen LogP contribution in [0.1, 0.15) is 41.5 Å². The van der Waals surface area contributed by atoms with Gasteiger partial charge in [0.25, 0.3) is 0 Å². The van der Waals surface area contributed by atoms with E-state index in [2.05, 4.69) is 6.58 Å². The normalized spacial score (nSPS) is 11.2. The molecule has 0 aliphatic heterocycles. The van der Waals surface area contributed by atoms with Crippen LogP contribution in [0.2, 0.25) is 0 Å². The molecule has 0 N–H and O–H groups in total. The Kier molecular flexibility index (Phi) is 8.41. The number of allylic oxidation sites excluding steroid dienone is 5. The highest BCUT2D eigenvalue weighted by Crippen LogP contribution is 2.21. The Hall–Kier alpha value is -0.850. The van der Waals surface area contributed by atoms with E-state index in [-0.39, 0.29) is 0 Å². The summed E-state index contributed by atoms with van der Waals surface area (Å²) < 4.78 is 13.3. The van der Waals surface area contributed by atoms with Crippen LogP contribution in [-0.2, 0) is 0 Å². The van der Waals surface area contributed by atoms with Crippen molar-refractivity contribution in [2.45, 2.75) is 47.2 Å². The van der Waals surface area contributed by atoms with Gasteiger partial charge in [0.1, 0.15) is 5.67 Å². The topological polar surface area (TPSA) is 0 Å². The van der Waals surface area contributed by atoms with Gasteiger partial charge in [-0.3, -0.25) is 0 Å². The Morgan fingerprint density at radius 2 is 1.57 bits per heavy atom. The molecule has 0 aliphatic rings. The first-order chi connectivity index (χ1) is 6.38. The average molecular weight is 198 g/mol. The highest BCUT2D eigenvalue weighted by atomic mass is 19.1. The lowest BCUT2D eigenvalue weighted by molar-refractivity contribution is 0.274. The molecule has 1 heteroatoms. The summed E-state index contributed by atoms with van der Waals surface area (Å²) in [6.45, 7) is 14.6. The maximum atomic E-state index is 13.3. The van der Waals surface area contributed by atoms with E-state index >= 15 is 0 Å². The summed E-state index contributed by atoms with van der Waals surface area (Å²) in [7, 11) is 0. The first-order valence-electron chi connectivity index (χ1n) is 5.05. The molecule has 0 heterocycles. The van der Waals surface area contributed by atoms with Gasteiger partial charge in [0.05, 0.1) is 0 Å². The third-order valence-electron chi connectivity index (χ3n) is 1.50. The Morgan fingerprint density at radius 3 is 1.79 bits per heavy atom. The summed E-state index contributed by atoms with van der Waals surface area (Å²) in [4.78, 5) is 0. The van der Waals surface area contributed by atoms with Crippen LogP contribution in [0.3, 0.4) is 0 Å². The lowest BCUT2D eigenvalue weighted by atomic mass is 9.99. The molecular formula is C13H23F. The van der Waals surface area contributed by atoms with Crippen LogP contribution in [0.25, 0.3) is 0 Å². The van der Waals surface area contributed by atoms with Crippen LogP contribution in [-0.4, -0.2) is 5.67 Å². The number of rotatable bonds is 3. The molecule has 0 spiro atoms. The standard InChI is InChI=1S/C11H17F.C2H6/c1-6-10(11(4,5)12)8-7-9(2)3;1-2/h6-8H,1H2,2-5H3;1-2H3/b10-8+;. The van der Waals surface area contributed by atoms with E-state index in [0.29, 0.717) is 5.57 Å². The van der Waals surface area contributed by atoms with Crippen LogP contribution >= 0.6 is 0 Å². The summed E-state index contributed by atoms with van der Waals surface area (Å²) in [6.07, 6.45) is 5.21. The Labute approximate surface area is 88.2 Å². The zero-order valence-electron chi connectivity index (χ0n) is 10.3. The van der Waals surface area contributed by atoms with Gasteiger partial charge in [-0.15, -0.1) is 0 Å². The van der Waals surface area contributed by atoms with Crippen molar-refractivity contribution in [2.24, 2.45) is 0 Å². The SMILES string of the molecule is C=C/C(=C\C=C(C)C)C(C)(C)F.CC. The molecule has 0 aromatic rings. The summed E-state index contributed by atoms with van der Waals surface area (Å²) in [6, 6.07) is 0. The third kappa shape index (κ3) is 7.78. The van der Waals surface area contributed by atoms with Crippen molar-refractivity contribution in [3.63, 3.8) is 0 Å². The minimum atomic E-state index is -1.30. The molecule has 0 aliphatic carbocycles. The molecule has 0 amide bonds. The molecule has 0 saturated carbocycles. The maximum Gasteiger partial charge on any atom is 0.130 e. The number of halogens is 1. The molecule has 0 saturated heterocycles. The van der Waals surface area contributed by atoms with Gasteiger partial charge in [-0.1, -0.05) is 44.2 Å². The highest BCUT2D eigenvalue weighted by molar-refractivity contribution is 5.30. The average Bonchev–Trinajstić information content (AvgIpc) is 2.06. The van der Waals surface area contributed by atoms with Crippen molar-refractivity contribution in [1.29, 1.82) is 0 Å². The molecule has 0 atom stereocenters. The van der Waals surface area contributed by atoms with Gasteiger partial charge in [-0.2, -0.15) is 0 Å². The van der Waals surface area contributed by atoms with E-state index in [1.807, 2.05) is 33.8 Å². The first kappa shape index (κ1) is 15.6.